The molecule has 0 unspecified atom stereocenters. The Hall–Kier alpha value is -1.15. The van der Waals surface area contributed by atoms with Gasteiger partial charge in [-0.3, -0.25) is 0 Å². The predicted molar refractivity (Wildman–Crippen MR) is 76.9 cm³/mol. The molecule has 1 aromatic rings. The highest BCUT2D eigenvalue weighted by Gasteiger charge is 2.33. The molecule has 0 aliphatic carbocycles. The fourth-order valence-corrected chi connectivity index (χ4v) is 3.22. The molecule has 1 heterocycles. The number of carbonyl (C=O) groups excluding carboxylic acids is 1. The molecule has 0 radical (unpaired) electrons. The Balaban J connectivity index is 2.09. The number of aldehydes is 1. The van der Waals surface area contributed by atoms with Crippen molar-refractivity contribution in [2.75, 3.05) is 6.61 Å². The van der Waals surface area contributed by atoms with Crippen molar-refractivity contribution in [1.29, 1.82) is 0 Å². The minimum atomic E-state index is 0.197. The summed E-state index contributed by atoms with van der Waals surface area (Å²) in [5, 5.41) is 0. The van der Waals surface area contributed by atoms with E-state index in [1.165, 1.54) is 5.56 Å². The van der Waals surface area contributed by atoms with Crippen LogP contribution < -0.4 is 0 Å². The first-order valence-corrected chi connectivity index (χ1v) is 7.36. The van der Waals surface area contributed by atoms with Crippen LogP contribution in [0.2, 0.25) is 0 Å². The van der Waals surface area contributed by atoms with E-state index in [1.54, 1.807) is 0 Å². The molecule has 0 bridgehead atoms. The third-order valence-electron chi connectivity index (χ3n) is 4.50. The highest BCUT2D eigenvalue weighted by molar-refractivity contribution is 5.49. The normalized spacial score (nSPS) is 28.8. The van der Waals surface area contributed by atoms with Crippen LogP contribution in [0, 0.1) is 17.8 Å². The van der Waals surface area contributed by atoms with Crippen LogP contribution in [0.15, 0.2) is 30.3 Å². The largest absolute Gasteiger partial charge is 0.373 e. The summed E-state index contributed by atoms with van der Waals surface area (Å²) in [4.78, 5) is 10.8. The summed E-state index contributed by atoms with van der Waals surface area (Å²) in [6.45, 7) is 5.25. The first kappa shape index (κ1) is 14.3. The van der Waals surface area contributed by atoms with Gasteiger partial charge in [-0.1, -0.05) is 50.6 Å². The summed E-state index contributed by atoms with van der Waals surface area (Å²) in [6, 6.07) is 10.4. The average molecular weight is 260 g/mol. The molecule has 1 aliphatic heterocycles. The molecule has 0 N–H and O–H groups in total. The Labute approximate surface area is 116 Å². The van der Waals surface area contributed by atoms with Crippen LogP contribution in [-0.4, -0.2) is 12.9 Å². The maximum absolute atomic E-state index is 10.8. The number of rotatable bonds is 5. The van der Waals surface area contributed by atoms with Crippen LogP contribution in [-0.2, 0) is 9.53 Å². The van der Waals surface area contributed by atoms with Crippen molar-refractivity contribution in [1.82, 2.24) is 0 Å². The van der Waals surface area contributed by atoms with Crippen LogP contribution >= 0.6 is 0 Å². The van der Waals surface area contributed by atoms with Gasteiger partial charge in [0.1, 0.15) is 6.29 Å². The molecule has 0 spiro atoms. The van der Waals surface area contributed by atoms with Gasteiger partial charge in [-0.05, 0) is 29.7 Å². The van der Waals surface area contributed by atoms with Gasteiger partial charge >= 0.3 is 0 Å². The van der Waals surface area contributed by atoms with Crippen molar-refractivity contribution >= 4 is 6.29 Å². The van der Waals surface area contributed by atoms with Gasteiger partial charge in [0, 0.05) is 6.42 Å². The molecule has 0 aromatic heterocycles. The Morgan fingerprint density at radius 3 is 2.74 bits per heavy atom. The fourth-order valence-electron chi connectivity index (χ4n) is 3.22. The second-order valence-electron chi connectivity index (χ2n) is 5.68. The van der Waals surface area contributed by atoms with Gasteiger partial charge in [0.05, 0.1) is 12.7 Å². The molecule has 1 fully saturated rings. The zero-order valence-corrected chi connectivity index (χ0v) is 11.9. The number of hydrogen-bond donors (Lipinski definition) is 0. The average Bonchev–Trinajstić information content (AvgIpc) is 2.47. The third kappa shape index (κ3) is 3.44. The smallest absolute Gasteiger partial charge is 0.120 e. The SMILES string of the molecule is CC[C@@H]1CO[C@@H](c2ccccc2)C[C@H]1[C@@H](C)CC=O. The lowest BCUT2D eigenvalue weighted by atomic mass is 9.74. The van der Waals surface area contributed by atoms with Gasteiger partial charge in [-0.2, -0.15) is 0 Å². The molecule has 1 saturated heterocycles. The van der Waals surface area contributed by atoms with E-state index in [-0.39, 0.29) is 6.10 Å². The van der Waals surface area contributed by atoms with E-state index in [9.17, 15) is 4.79 Å². The van der Waals surface area contributed by atoms with Gasteiger partial charge in [0.15, 0.2) is 0 Å². The topological polar surface area (TPSA) is 26.3 Å². The first-order chi connectivity index (χ1) is 9.26. The molecule has 2 rings (SSSR count). The summed E-state index contributed by atoms with van der Waals surface area (Å²) in [6.07, 6.45) is 4.10. The van der Waals surface area contributed by atoms with Gasteiger partial charge in [0.2, 0.25) is 0 Å². The quantitative estimate of drug-likeness (QED) is 0.748. The first-order valence-electron chi connectivity index (χ1n) is 7.36. The molecule has 0 amide bonds. The summed E-state index contributed by atoms with van der Waals surface area (Å²) in [7, 11) is 0. The molecular weight excluding hydrogens is 236 g/mol. The molecule has 104 valence electrons. The lowest BCUT2D eigenvalue weighted by molar-refractivity contribution is -0.110. The Kier molecular flexibility index (Phi) is 5.15. The number of carbonyl (C=O) groups is 1. The molecule has 1 aromatic carbocycles. The standard InChI is InChI=1S/C17H24O2/c1-3-14-12-19-17(15-7-5-4-6-8-15)11-16(14)13(2)9-10-18/h4-8,10,13-14,16-17H,3,9,11-12H2,1-2H3/t13-,14+,16-,17+/m0/s1. The minimum Gasteiger partial charge on any atom is -0.373 e. The van der Waals surface area contributed by atoms with E-state index in [4.69, 9.17) is 4.74 Å². The summed E-state index contributed by atoms with van der Waals surface area (Å²) in [5.74, 6) is 1.64. The zero-order valence-electron chi connectivity index (χ0n) is 11.9. The lowest BCUT2D eigenvalue weighted by Gasteiger charge is -2.39. The second-order valence-corrected chi connectivity index (χ2v) is 5.68. The molecule has 4 atom stereocenters. The summed E-state index contributed by atoms with van der Waals surface area (Å²) < 4.78 is 6.04. The van der Waals surface area contributed by atoms with Crippen molar-refractivity contribution in [2.45, 2.75) is 39.2 Å². The van der Waals surface area contributed by atoms with Crippen molar-refractivity contribution in [3.8, 4) is 0 Å². The van der Waals surface area contributed by atoms with E-state index in [1.807, 2.05) is 6.07 Å². The van der Waals surface area contributed by atoms with E-state index in [2.05, 4.69) is 38.1 Å². The Bertz CT molecular complexity index is 388. The van der Waals surface area contributed by atoms with Crippen molar-refractivity contribution in [3.63, 3.8) is 0 Å². The number of benzene rings is 1. The maximum atomic E-state index is 10.8. The van der Waals surface area contributed by atoms with Crippen LogP contribution in [0.3, 0.4) is 0 Å². The molecule has 19 heavy (non-hydrogen) atoms. The van der Waals surface area contributed by atoms with E-state index in [0.717, 1.165) is 25.7 Å². The van der Waals surface area contributed by atoms with Crippen molar-refractivity contribution < 1.29 is 9.53 Å². The van der Waals surface area contributed by atoms with Crippen LogP contribution in [0.4, 0.5) is 0 Å². The van der Waals surface area contributed by atoms with Gasteiger partial charge in [-0.25, -0.2) is 0 Å². The Morgan fingerprint density at radius 2 is 2.11 bits per heavy atom. The van der Waals surface area contributed by atoms with Gasteiger partial charge in [0.25, 0.3) is 0 Å². The van der Waals surface area contributed by atoms with Crippen LogP contribution in [0.5, 0.6) is 0 Å². The summed E-state index contributed by atoms with van der Waals surface area (Å²) >= 11 is 0. The predicted octanol–water partition coefficient (Wildman–Crippen LogP) is 4.02. The highest BCUT2D eigenvalue weighted by Crippen LogP contribution is 2.40. The van der Waals surface area contributed by atoms with Crippen molar-refractivity contribution in [2.24, 2.45) is 17.8 Å². The van der Waals surface area contributed by atoms with E-state index < -0.39 is 0 Å². The third-order valence-corrected chi connectivity index (χ3v) is 4.50. The molecular formula is C17H24O2. The van der Waals surface area contributed by atoms with Gasteiger partial charge in [-0.15, -0.1) is 0 Å². The number of hydrogen-bond acceptors (Lipinski definition) is 2. The van der Waals surface area contributed by atoms with E-state index in [0.29, 0.717) is 24.2 Å². The molecule has 0 saturated carbocycles. The summed E-state index contributed by atoms with van der Waals surface area (Å²) in [5.41, 5.74) is 1.26. The second kappa shape index (κ2) is 6.85. The highest BCUT2D eigenvalue weighted by atomic mass is 16.5. The lowest BCUT2D eigenvalue weighted by Crippen LogP contribution is -2.33. The monoisotopic (exact) mass is 260 g/mol. The molecule has 2 heteroatoms. The molecule has 1 aliphatic rings. The van der Waals surface area contributed by atoms with Crippen LogP contribution in [0.1, 0.15) is 44.8 Å². The maximum Gasteiger partial charge on any atom is 0.120 e. The number of ether oxygens (including phenoxy) is 1. The fraction of sp³-hybridized carbons (Fsp3) is 0.588. The van der Waals surface area contributed by atoms with Crippen molar-refractivity contribution in [3.05, 3.63) is 35.9 Å². The van der Waals surface area contributed by atoms with Crippen LogP contribution in [0.25, 0.3) is 0 Å². The van der Waals surface area contributed by atoms with Gasteiger partial charge < -0.3 is 9.53 Å². The van der Waals surface area contributed by atoms with E-state index >= 15 is 0 Å². The zero-order chi connectivity index (χ0) is 13.7. The molecule has 2 nitrogen and oxygen atoms in total. The Morgan fingerprint density at radius 1 is 1.37 bits per heavy atom. The minimum absolute atomic E-state index is 0.197.